The van der Waals surface area contributed by atoms with E-state index in [1.54, 1.807) is 12.1 Å². The summed E-state index contributed by atoms with van der Waals surface area (Å²) in [6.45, 7) is 0.822. The largest absolute Gasteiger partial charge is 0.459 e. The highest BCUT2D eigenvalue weighted by atomic mass is 16.7. The van der Waals surface area contributed by atoms with E-state index in [9.17, 15) is 4.79 Å². The molecule has 0 fully saturated rings. The molecule has 1 aliphatic heterocycles. The van der Waals surface area contributed by atoms with E-state index in [4.69, 9.17) is 25.1 Å². The molecule has 1 heterocycles. The van der Waals surface area contributed by atoms with Crippen LogP contribution < -0.4 is 11.1 Å². The summed E-state index contributed by atoms with van der Waals surface area (Å²) in [6.07, 6.45) is 2.69. The number of aliphatic hydroxyl groups excluding tert-OH is 1. The number of ether oxygens (including phenoxy) is 3. The van der Waals surface area contributed by atoms with Crippen LogP contribution >= 0.6 is 0 Å². The SMILES string of the molecule is Nc1ccccc1NC(=O)C1=CC(c2cccc3c2Cc2ccccc2-3)CC(OCCOCCO)O1. The lowest BCUT2D eigenvalue weighted by Crippen LogP contribution is -2.30. The second kappa shape index (κ2) is 11.0. The molecule has 3 aromatic carbocycles. The summed E-state index contributed by atoms with van der Waals surface area (Å²) in [5.41, 5.74) is 13.3. The standard InChI is InChI=1S/C29H30N2O5/c30-25-10-3-4-11-26(25)31-29(33)27-17-20(18-28(36-27)35-15-14-34-13-12-32)22-8-5-9-23-21-7-2-1-6-19(21)16-24(22)23/h1-11,17,20,28,32H,12-16,18,30H2,(H,31,33). The molecular weight excluding hydrogens is 456 g/mol. The summed E-state index contributed by atoms with van der Waals surface area (Å²) in [5.74, 6) is -0.247. The molecule has 3 aromatic rings. The first kappa shape index (κ1) is 24.1. The Morgan fingerprint density at radius 1 is 1.00 bits per heavy atom. The average Bonchev–Trinajstić information content (AvgIpc) is 3.28. The number of carbonyl (C=O) groups excluding carboxylic acids is 1. The van der Waals surface area contributed by atoms with Gasteiger partial charge in [-0.3, -0.25) is 4.79 Å². The minimum atomic E-state index is -0.619. The molecule has 186 valence electrons. The smallest absolute Gasteiger partial charge is 0.290 e. The predicted octanol–water partition coefficient (Wildman–Crippen LogP) is 4.22. The lowest BCUT2D eigenvalue weighted by molar-refractivity contribution is -0.148. The third-order valence-electron chi connectivity index (χ3n) is 6.54. The van der Waals surface area contributed by atoms with Crippen molar-refractivity contribution in [3.05, 3.63) is 95.3 Å². The summed E-state index contributed by atoms with van der Waals surface area (Å²) < 4.78 is 17.2. The second-order valence-corrected chi connectivity index (χ2v) is 8.88. The van der Waals surface area contributed by atoms with Crippen LogP contribution in [0.3, 0.4) is 0 Å². The molecule has 2 atom stereocenters. The third-order valence-corrected chi connectivity index (χ3v) is 6.54. The summed E-state index contributed by atoms with van der Waals surface area (Å²) in [7, 11) is 0. The van der Waals surface area contributed by atoms with Crippen molar-refractivity contribution in [2.45, 2.75) is 25.0 Å². The maximum absolute atomic E-state index is 13.2. The number of hydrogen-bond acceptors (Lipinski definition) is 6. The lowest BCUT2D eigenvalue weighted by atomic mass is 9.87. The van der Waals surface area contributed by atoms with Gasteiger partial charge in [0, 0.05) is 12.3 Å². The van der Waals surface area contributed by atoms with Gasteiger partial charge in [0.15, 0.2) is 5.76 Å². The van der Waals surface area contributed by atoms with Crippen molar-refractivity contribution in [3.63, 3.8) is 0 Å². The Labute approximate surface area is 210 Å². The normalized spacial score (nSPS) is 18.1. The molecule has 5 rings (SSSR count). The monoisotopic (exact) mass is 486 g/mol. The van der Waals surface area contributed by atoms with Crippen LogP contribution in [0.2, 0.25) is 0 Å². The minimum absolute atomic E-state index is 0.0425. The van der Waals surface area contributed by atoms with Gasteiger partial charge in [0.2, 0.25) is 6.29 Å². The van der Waals surface area contributed by atoms with Crippen molar-refractivity contribution < 1.29 is 24.1 Å². The molecule has 0 spiro atoms. The molecule has 0 saturated heterocycles. The van der Waals surface area contributed by atoms with E-state index in [1.807, 2.05) is 18.2 Å². The fourth-order valence-corrected chi connectivity index (χ4v) is 4.86. The Kier molecular flexibility index (Phi) is 7.32. The molecule has 2 aliphatic rings. The van der Waals surface area contributed by atoms with E-state index in [0.717, 1.165) is 6.42 Å². The van der Waals surface area contributed by atoms with Crippen LogP contribution in [-0.4, -0.2) is 43.7 Å². The Balaban J connectivity index is 1.41. The van der Waals surface area contributed by atoms with Gasteiger partial charge in [-0.1, -0.05) is 54.6 Å². The first-order valence-corrected chi connectivity index (χ1v) is 12.2. The van der Waals surface area contributed by atoms with Gasteiger partial charge < -0.3 is 30.4 Å². The molecule has 4 N–H and O–H groups in total. The van der Waals surface area contributed by atoms with Crippen molar-refractivity contribution in [2.24, 2.45) is 0 Å². The fraction of sp³-hybridized carbons (Fsp3) is 0.276. The van der Waals surface area contributed by atoms with Crippen LogP contribution in [0.5, 0.6) is 0 Å². The molecule has 2 unspecified atom stereocenters. The number of allylic oxidation sites excluding steroid dienone is 1. The Bertz CT molecular complexity index is 1270. The van der Waals surface area contributed by atoms with Crippen molar-refractivity contribution in [3.8, 4) is 11.1 Å². The summed E-state index contributed by atoms with van der Waals surface area (Å²) in [6, 6.07) is 21.9. The molecule has 0 bridgehead atoms. The van der Waals surface area contributed by atoms with Crippen LogP contribution in [0.25, 0.3) is 11.1 Å². The van der Waals surface area contributed by atoms with E-state index in [-0.39, 0.29) is 37.4 Å². The summed E-state index contributed by atoms with van der Waals surface area (Å²) in [5, 5.41) is 11.8. The van der Waals surface area contributed by atoms with Crippen molar-refractivity contribution >= 4 is 17.3 Å². The molecule has 1 amide bonds. The number of nitrogen functional groups attached to an aromatic ring is 1. The Morgan fingerprint density at radius 2 is 1.81 bits per heavy atom. The van der Waals surface area contributed by atoms with E-state index in [1.165, 1.54) is 27.8 Å². The number of para-hydroxylation sites is 2. The first-order chi connectivity index (χ1) is 17.6. The Morgan fingerprint density at radius 3 is 2.67 bits per heavy atom. The summed E-state index contributed by atoms with van der Waals surface area (Å²) in [4.78, 5) is 13.2. The zero-order chi connectivity index (χ0) is 24.9. The molecule has 0 radical (unpaired) electrons. The molecule has 7 heteroatoms. The molecule has 36 heavy (non-hydrogen) atoms. The number of carbonyl (C=O) groups is 1. The van der Waals surface area contributed by atoms with Gasteiger partial charge in [-0.2, -0.15) is 0 Å². The van der Waals surface area contributed by atoms with Gasteiger partial charge in [0.25, 0.3) is 5.91 Å². The number of rotatable bonds is 9. The third kappa shape index (κ3) is 5.14. The second-order valence-electron chi connectivity index (χ2n) is 8.88. The number of nitrogens with one attached hydrogen (secondary N) is 1. The van der Waals surface area contributed by atoms with Gasteiger partial charge in [-0.15, -0.1) is 0 Å². The van der Waals surface area contributed by atoms with Gasteiger partial charge in [-0.25, -0.2) is 0 Å². The van der Waals surface area contributed by atoms with Crippen molar-refractivity contribution in [2.75, 3.05) is 37.5 Å². The van der Waals surface area contributed by atoms with Crippen LogP contribution in [-0.2, 0) is 25.4 Å². The highest BCUT2D eigenvalue weighted by Crippen LogP contribution is 2.43. The zero-order valence-corrected chi connectivity index (χ0v) is 20.0. The zero-order valence-electron chi connectivity index (χ0n) is 20.0. The van der Waals surface area contributed by atoms with E-state index in [2.05, 4.69) is 47.8 Å². The fourth-order valence-electron chi connectivity index (χ4n) is 4.86. The quantitative estimate of drug-likeness (QED) is 0.242. The number of nitrogens with two attached hydrogens (primary N) is 1. The van der Waals surface area contributed by atoms with Crippen molar-refractivity contribution in [1.29, 1.82) is 0 Å². The van der Waals surface area contributed by atoms with Gasteiger partial charge in [-0.05, 0) is 52.4 Å². The van der Waals surface area contributed by atoms with Crippen LogP contribution in [0.15, 0.2) is 78.6 Å². The van der Waals surface area contributed by atoms with E-state index in [0.29, 0.717) is 24.4 Å². The highest BCUT2D eigenvalue weighted by molar-refractivity contribution is 6.04. The number of fused-ring (bicyclic) bond motifs is 3. The molecule has 0 aromatic heterocycles. The number of benzene rings is 3. The number of anilines is 2. The molecule has 7 nitrogen and oxygen atoms in total. The number of hydrogen-bond donors (Lipinski definition) is 3. The van der Waals surface area contributed by atoms with E-state index < -0.39 is 6.29 Å². The molecular formula is C29H30N2O5. The number of amides is 1. The van der Waals surface area contributed by atoms with Crippen LogP contribution in [0.1, 0.15) is 29.0 Å². The molecule has 0 saturated carbocycles. The maximum atomic E-state index is 13.2. The molecule has 1 aliphatic carbocycles. The van der Waals surface area contributed by atoms with Gasteiger partial charge in [0.1, 0.15) is 0 Å². The average molecular weight is 487 g/mol. The Hall–Kier alpha value is -3.65. The predicted molar refractivity (Wildman–Crippen MR) is 138 cm³/mol. The van der Waals surface area contributed by atoms with Crippen LogP contribution in [0, 0.1) is 0 Å². The van der Waals surface area contributed by atoms with Gasteiger partial charge in [0.05, 0.1) is 37.8 Å². The summed E-state index contributed by atoms with van der Waals surface area (Å²) >= 11 is 0. The highest BCUT2D eigenvalue weighted by Gasteiger charge is 2.32. The maximum Gasteiger partial charge on any atom is 0.290 e. The number of aliphatic hydroxyl groups is 1. The lowest BCUT2D eigenvalue weighted by Gasteiger charge is -2.30. The minimum Gasteiger partial charge on any atom is -0.459 e. The van der Waals surface area contributed by atoms with E-state index >= 15 is 0 Å². The van der Waals surface area contributed by atoms with Gasteiger partial charge >= 0.3 is 0 Å². The van der Waals surface area contributed by atoms with Crippen LogP contribution in [0.4, 0.5) is 11.4 Å². The first-order valence-electron chi connectivity index (χ1n) is 12.2. The topological polar surface area (TPSA) is 103 Å². The van der Waals surface area contributed by atoms with Crippen molar-refractivity contribution in [1.82, 2.24) is 0 Å².